The maximum atomic E-state index is 13.7. The van der Waals surface area contributed by atoms with E-state index in [1.54, 1.807) is 18.2 Å². The first kappa shape index (κ1) is 23.3. The number of fused-ring (bicyclic) bond motifs is 1. The molecule has 4 aromatic rings. The van der Waals surface area contributed by atoms with Crippen molar-refractivity contribution < 1.29 is 27.1 Å². The smallest absolute Gasteiger partial charge is 0.453 e. The summed E-state index contributed by atoms with van der Waals surface area (Å²) in [6, 6.07) is 14.6. The predicted octanol–water partition coefficient (Wildman–Crippen LogP) is 8.14. The minimum atomic E-state index is -5.00. The zero-order chi connectivity index (χ0) is 23.8. The molecular formula is C23H12Cl3F3O4. The number of benzene rings is 3. The first-order chi connectivity index (χ1) is 15.6. The van der Waals surface area contributed by atoms with Gasteiger partial charge in [0.25, 0.3) is 5.76 Å². The van der Waals surface area contributed by atoms with Crippen LogP contribution in [0.25, 0.3) is 11.0 Å². The molecule has 10 heteroatoms. The molecule has 0 radical (unpaired) electrons. The van der Waals surface area contributed by atoms with Crippen LogP contribution in [0.3, 0.4) is 0 Å². The van der Waals surface area contributed by atoms with Gasteiger partial charge in [-0.2, -0.15) is 13.2 Å². The lowest BCUT2D eigenvalue weighted by molar-refractivity contribution is -0.154. The topological polar surface area (TPSA) is 48.7 Å². The van der Waals surface area contributed by atoms with Crippen LogP contribution in [0, 0.1) is 0 Å². The molecule has 3 aromatic carbocycles. The molecule has 1 aromatic heterocycles. The Hall–Kier alpha value is -2.87. The minimum absolute atomic E-state index is 0.0194. The number of rotatable bonds is 5. The molecule has 4 rings (SSSR count). The second kappa shape index (κ2) is 9.17. The molecule has 0 fully saturated rings. The SMILES string of the molecule is O=c1c(Oc2ccccc2Cl)c(C(F)(F)F)oc2cc(OCc3ccc(Cl)cc3Cl)ccc12. The molecule has 4 nitrogen and oxygen atoms in total. The van der Waals surface area contributed by atoms with E-state index in [0.717, 1.165) is 0 Å². The number of alkyl halides is 3. The van der Waals surface area contributed by atoms with Gasteiger partial charge in [-0.05, 0) is 36.4 Å². The van der Waals surface area contributed by atoms with E-state index in [0.29, 0.717) is 15.6 Å². The van der Waals surface area contributed by atoms with Gasteiger partial charge in [0.15, 0.2) is 0 Å². The van der Waals surface area contributed by atoms with E-state index >= 15 is 0 Å². The lowest BCUT2D eigenvalue weighted by Gasteiger charge is -2.14. The minimum Gasteiger partial charge on any atom is -0.489 e. The van der Waals surface area contributed by atoms with Crippen molar-refractivity contribution >= 4 is 45.8 Å². The van der Waals surface area contributed by atoms with Crippen LogP contribution in [0.5, 0.6) is 17.2 Å². The zero-order valence-corrected chi connectivity index (χ0v) is 18.6. The van der Waals surface area contributed by atoms with Crippen molar-refractivity contribution in [2.75, 3.05) is 0 Å². The molecule has 0 aliphatic carbocycles. The number of hydrogen-bond donors (Lipinski definition) is 0. The molecule has 170 valence electrons. The average molecular weight is 516 g/mol. The van der Waals surface area contributed by atoms with Gasteiger partial charge in [-0.25, -0.2) is 0 Å². The van der Waals surface area contributed by atoms with Gasteiger partial charge in [-0.1, -0.05) is 53.0 Å². The predicted molar refractivity (Wildman–Crippen MR) is 120 cm³/mol. The van der Waals surface area contributed by atoms with Gasteiger partial charge in [0.2, 0.25) is 11.2 Å². The second-order valence-electron chi connectivity index (χ2n) is 6.80. The third-order valence-corrected chi connectivity index (χ3v) is 5.44. The average Bonchev–Trinajstić information content (AvgIpc) is 2.75. The van der Waals surface area contributed by atoms with Crippen molar-refractivity contribution in [2.24, 2.45) is 0 Å². The summed E-state index contributed by atoms with van der Waals surface area (Å²) in [7, 11) is 0. The van der Waals surface area contributed by atoms with Crippen LogP contribution >= 0.6 is 34.8 Å². The van der Waals surface area contributed by atoms with E-state index in [2.05, 4.69) is 0 Å². The summed E-state index contributed by atoms with van der Waals surface area (Å²) in [6.45, 7) is 0.0194. The van der Waals surface area contributed by atoms with E-state index in [1.807, 2.05) is 0 Å². The van der Waals surface area contributed by atoms with Gasteiger partial charge in [-0.3, -0.25) is 4.79 Å². The molecule has 0 bridgehead atoms. The Morgan fingerprint density at radius 1 is 0.909 bits per heavy atom. The standard InChI is InChI=1S/C23H12Cl3F3O4/c24-13-6-5-12(17(26)9-13)11-31-14-7-8-15-19(10-14)33-22(23(27,28)29)21(20(15)30)32-18-4-2-1-3-16(18)25/h1-10H,11H2. The van der Waals surface area contributed by atoms with Crippen molar-refractivity contribution in [3.63, 3.8) is 0 Å². The van der Waals surface area contributed by atoms with Crippen molar-refractivity contribution in [3.05, 3.63) is 97.3 Å². The van der Waals surface area contributed by atoms with Gasteiger partial charge in [0.05, 0.1) is 10.4 Å². The fourth-order valence-corrected chi connectivity index (χ4v) is 3.60. The monoisotopic (exact) mass is 514 g/mol. The van der Waals surface area contributed by atoms with Crippen molar-refractivity contribution in [1.82, 2.24) is 0 Å². The Balaban J connectivity index is 1.73. The lowest BCUT2D eigenvalue weighted by atomic mass is 10.2. The number of ether oxygens (including phenoxy) is 2. The molecule has 0 N–H and O–H groups in total. The second-order valence-corrected chi connectivity index (χ2v) is 8.05. The summed E-state index contributed by atoms with van der Waals surface area (Å²) >= 11 is 17.9. The summed E-state index contributed by atoms with van der Waals surface area (Å²) in [6.07, 6.45) is -5.00. The molecule has 0 amide bonds. The molecule has 1 heterocycles. The van der Waals surface area contributed by atoms with Crippen molar-refractivity contribution in [1.29, 1.82) is 0 Å². The zero-order valence-electron chi connectivity index (χ0n) is 16.4. The Labute approximate surface area is 200 Å². The number of para-hydroxylation sites is 1. The van der Waals surface area contributed by atoms with Crippen LogP contribution in [0.2, 0.25) is 15.1 Å². The first-order valence-corrected chi connectivity index (χ1v) is 10.4. The Bertz CT molecular complexity index is 1400. The molecule has 0 aliphatic rings. The molecule has 0 saturated heterocycles. The van der Waals surface area contributed by atoms with Crippen LogP contribution in [0.15, 0.2) is 69.9 Å². The Kier molecular flexibility index (Phi) is 6.47. The van der Waals surface area contributed by atoms with E-state index in [9.17, 15) is 18.0 Å². The molecule has 33 heavy (non-hydrogen) atoms. The van der Waals surface area contributed by atoms with Gasteiger partial charge in [-0.15, -0.1) is 0 Å². The van der Waals surface area contributed by atoms with E-state index < -0.39 is 23.1 Å². The van der Waals surface area contributed by atoms with Crippen molar-refractivity contribution in [3.8, 4) is 17.2 Å². The summed E-state index contributed by atoms with van der Waals surface area (Å²) in [5, 5.41) is 0.734. The van der Waals surface area contributed by atoms with E-state index in [1.165, 1.54) is 42.5 Å². The van der Waals surface area contributed by atoms with Gasteiger partial charge in [0, 0.05) is 21.7 Å². The third-order valence-electron chi connectivity index (χ3n) is 4.54. The molecule has 0 saturated carbocycles. The van der Waals surface area contributed by atoms with Crippen LogP contribution in [-0.4, -0.2) is 0 Å². The van der Waals surface area contributed by atoms with Crippen LogP contribution in [0.1, 0.15) is 11.3 Å². The largest absolute Gasteiger partial charge is 0.489 e. The van der Waals surface area contributed by atoms with Gasteiger partial charge in [0.1, 0.15) is 23.7 Å². The summed E-state index contributed by atoms with van der Waals surface area (Å²) in [5.74, 6) is -2.54. The van der Waals surface area contributed by atoms with Gasteiger partial charge >= 0.3 is 6.18 Å². The molecule has 0 atom stereocenters. The maximum Gasteiger partial charge on any atom is 0.453 e. The highest BCUT2D eigenvalue weighted by atomic mass is 35.5. The van der Waals surface area contributed by atoms with Crippen molar-refractivity contribution in [2.45, 2.75) is 12.8 Å². The van der Waals surface area contributed by atoms with Crippen LogP contribution in [0.4, 0.5) is 13.2 Å². The lowest BCUT2D eigenvalue weighted by Crippen LogP contribution is -2.15. The highest BCUT2D eigenvalue weighted by molar-refractivity contribution is 6.35. The Morgan fingerprint density at radius 2 is 1.67 bits per heavy atom. The summed E-state index contributed by atoms with van der Waals surface area (Å²) in [4.78, 5) is 12.9. The van der Waals surface area contributed by atoms with Crippen LogP contribution in [-0.2, 0) is 12.8 Å². The molecular weight excluding hydrogens is 504 g/mol. The Morgan fingerprint density at radius 3 is 2.36 bits per heavy atom. The number of hydrogen-bond acceptors (Lipinski definition) is 4. The number of halogens is 6. The highest BCUT2D eigenvalue weighted by Gasteiger charge is 2.40. The normalized spacial score (nSPS) is 11.6. The summed E-state index contributed by atoms with van der Waals surface area (Å²) < 4.78 is 57.0. The first-order valence-electron chi connectivity index (χ1n) is 9.30. The fraction of sp³-hybridized carbons (Fsp3) is 0.0870. The van der Waals surface area contributed by atoms with Gasteiger partial charge < -0.3 is 13.9 Å². The fourth-order valence-electron chi connectivity index (χ4n) is 2.96. The molecule has 0 spiro atoms. The third kappa shape index (κ3) is 5.05. The quantitative estimate of drug-likeness (QED) is 0.269. The highest BCUT2D eigenvalue weighted by Crippen LogP contribution is 2.40. The summed E-state index contributed by atoms with van der Waals surface area (Å²) in [5.41, 5.74) is -0.712. The van der Waals surface area contributed by atoms with E-state index in [4.69, 9.17) is 48.7 Å². The molecule has 0 aliphatic heterocycles. The molecule has 0 unspecified atom stereocenters. The van der Waals surface area contributed by atoms with E-state index in [-0.39, 0.29) is 34.1 Å². The van der Waals surface area contributed by atoms with Crippen LogP contribution < -0.4 is 14.9 Å². The maximum absolute atomic E-state index is 13.7.